The molecule has 1 saturated carbocycles. The van der Waals surface area contributed by atoms with E-state index < -0.39 is 17.4 Å². The average Bonchev–Trinajstić information content (AvgIpc) is 3.32. The number of carbonyl (C=O) groups is 1. The maximum absolute atomic E-state index is 12.7. The number of alkyl halides is 3. The van der Waals surface area contributed by atoms with E-state index in [0.717, 1.165) is 11.1 Å². The van der Waals surface area contributed by atoms with Gasteiger partial charge in [0.2, 0.25) is 17.6 Å². The minimum absolute atomic E-state index is 0.0408. The number of carbonyl (C=O) groups excluding carboxylic acids is 1. The summed E-state index contributed by atoms with van der Waals surface area (Å²) >= 11 is 0. The Bertz CT molecular complexity index is 1120. The van der Waals surface area contributed by atoms with Gasteiger partial charge in [0.05, 0.1) is 12.0 Å². The minimum atomic E-state index is -4.58. The molecule has 0 aliphatic heterocycles. The van der Waals surface area contributed by atoms with Gasteiger partial charge in [-0.15, -0.1) is 10.2 Å². The third-order valence-electron chi connectivity index (χ3n) is 6.10. The van der Waals surface area contributed by atoms with Gasteiger partial charge in [-0.1, -0.05) is 24.3 Å². The average molecular weight is 475 g/mol. The van der Waals surface area contributed by atoms with E-state index in [1.165, 1.54) is 0 Å². The van der Waals surface area contributed by atoms with Crippen molar-refractivity contribution in [3.63, 3.8) is 0 Å². The molecule has 0 saturated heterocycles. The molecule has 1 amide bonds. The molecule has 0 atom stereocenters. The number of aromatic nitrogens is 4. The molecule has 4 rings (SSSR count). The summed E-state index contributed by atoms with van der Waals surface area (Å²) in [5, 5.41) is 6.71. The predicted octanol–water partition coefficient (Wildman–Crippen LogP) is 3.99. The van der Waals surface area contributed by atoms with E-state index in [9.17, 15) is 18.0 Å². The van der Waals surface area contributed by atoms with Crippen molar-refractivity contribution in [3.05, 3.63) is 48.4 Å². The van der Waals surface area contributed by atoms with Crippen LogP contribution in [0.1, 0.15) is 31.5 Å². The SMILES string of the molecule is COC[C@]1(C(N)=O)CC[C@H](Oc2ccc(-c3ccc(-c4nnc(C(F)(F)F)[nH]4)cc3)cn2)CC1. The lowest BCUT2D eigenvalue weighted by Gasteiger charge is -2.36. The second kappa shape index (κ2) is 9.41. The van der Waals surface area contributed by atoms with Crippen LogP contribution in [-0.4, -0.2) is 45.9 Å². The zero-order valence-corrected chi connectivity index (χ0v) is 18.4. The summed E-state index contributed by atoms with van der Waals surface area (Å²) in [5.74, 6) is -0.960. The number of halogens is 3. The molecule has 11 heteroatoms. The van der Waals surface area contributed by atoms with Gasteiger partial charge in [-0.05, 0) is 37.3 Å². The van der Waals surface area contributed by atoms with Gasteiger partial charge in [-0.3, -0.25) is 4.79 Å². The summed E-state index contributed by atoms with van der Waals surface area (Å²) in [6, 6.07) is 10.5. The molecule has 1 aromatic carbocycles. The third-order valence-corrected chi connectivity index (χ3v) is 6.10. The number of nitrogens with two attached hydrogens (primary N) is 1. The quantitative estimate of drug-likeness (QED) is 0.534. The Kier molecular flexibility index (Phi) is 6.56. The number of nitrogens with one attached hydrogen (secondary N) is 1. The molecule has 3 N–H and O–H groups in total. The van der Waals surface area contributed by atoms with Crippen molar-refractivity contribution in [1.82, 2.24) is 20.2 Å². The highest BCUT2D eigenvalue weighted by atomic mass is 19.4. The molecule has 0 unspecified atom stereocenters. The fourth-order valence-corrected chi connectivity index (χ4v) is 4.13. The Hall–Kier alpha value is -3.47. The lowest BCUT2D eigenvalue weighted by Crippen LogP contribution is -2.45. The maximum Gasteiger partial charge on any atom is 0.451 e. The van der Waals surface area contributed by atoms with Crippen LogP contribution in [0.3, 0.4) is 0 Å². The van der Waals surface area contributed by atoms with E-state index in [-0.39, 0.29) is 17.8 Å². The van der Waals surface area contributed by atoms with E-state index in [0.29, 0.717) is 43.7 Å². The zero-order chi connectivity index (χ0) is 24.3. The number of aromatic amines is 1. The molecular formula is C23H24F3N5O3. The van der Waals surface area contributed by atoms with Crippen LogP contribution in [0.25, 0.3) is 22.5 Å². The number of methoxy groups -OCH3 is 1. The van der Waals surface area contributed by atoms with Crippen molar-refractivity contribution in [2.45, 2.75) is 38.0 Å². The molecule has 8 nitrogen and oxygen atoms in total. The Labute approximate surface area is 193 Å². The van der Waals surface area contributed by atoms with Crippen LogP contribution in [0.15, 0.2) is 42.6 Å². The number of hydrogen-bond donors (Lipinski definition) is 2. The number of hydrogen-bond acceptors (Lipinski definition) is 6. The van der Waals surface area contributed by atoms with Crippen LogP contribution >= 0.6 is 0 Å². The van der Waals surface area contributed by atoms with Crippen LogP contribution < -0.4 is 10.5 Å². The standard InChI is InChI=1S/C23H24F3N5O3/c1-33-13-22(20(27)32)10-8-17(9-11-22)34-18-7-6-16(12-28-18)14-2-4-15(5-3-14)19-29-21(31-30-19)23(24,25)26/h2-7,12,17H,8-11,13H2,1H3,(H2,27,32)(H,29,30,31)/t17-,22-. The van der Waals surface area contributed by atoms with E-state index in [2.05, 4.69) is 20.2 Å². The van der Waals surface area contributed by atoms with Crippen LogP contribution in [-0.2, 0) is 15.7 Å². The summed E-state index contributed by atoms with van der Waals surface area (Å²) in [6.45, 7) is 0.306. The molecule has 2 heterocycles. The second-order valence-electron chi connectivity index (χ2n) is 8.38. The summed E-state index contributed by atoms with van der Waals surface area (Å²) < 4.78 is 49.3. The van der Waals surface area contributed by atoms with Crippen molar-refractivity contribution < 1.29 is 27.4 Å². The topological polar surface area (TPSA) is 116 Å². The van der Waals surface area contributed by atoms with Gasteiger partial charge in [-0.25, -0.2) is 4.98 Å². The molecule has 1 fully saturated rings. The van der Waals surface area contributed by atoms with Crippen molar-refractivity contribution in [2.75, 3.05) is 13.7 Å². The van der Waals surface area contributed by atoms with E-state index in [1.54, 1.807) is 43.6 Å². The number of rotatable bonds is 7. The molecule has 0 bridgehead atoms. The highest BCUT2D eigenvalue weighted by Crippen LogP contribution is 2.38. The largest absolute Gasteiger partial charge is 0.474 e. The Morgan fingerprint density at radius 1 is 1.09 bits per heavy atom. The second-order valence-corrected chi connectivity index (χ2v) is 8.38. The van der Waals surface area contributed by atoms with Crippen molar-refractivity contribution in [2.24, 2.45) is 11.1 Å². The van der Waals surface area contributed by atoms with Gasteiger partial charge < -0.3 is 20.2 Å². The van der Waals surface area contributed by atoms with Gasteiger partial charge in [0.25, 0.3) is 0 Å². The zero-order valence-electron chi connectivity index (χ0n) is 18.4. The number of nitrogens with zero attached hydrogens (tertiary/aromatic N) is 3. The highest BCUT2D eigenvalue weighted by Gasteiger charge is 2.41. The molecule has 1 aliphatic rings. The van der Waals surface area contributed by atoms with Crippen LogP contribution in [0.2, 0.25) is 0 Å². The lowest BCUT2D eigenvalue weighted by molar-refractivity contribution is -0.144. The Balaban J connectivity index is 1.38. The summed E-state index contributed by atoms with van der Waals surface area (Å²) in [7, 11) is 1.56. The first-order valence-electron chi connectivity index (χ1n) is 10.7. The van der Waals surface area contributed by atoms with Crippen molar-refractivity contribution in [1.29, 1.82) is 0 Å². The maximum atomic E-state index is 12.7. The molecule has 0 spiro atoms. The summed E-state index contributed by atoms with van der Waals surface area (Å²) in [4.78, 5) is 18.4. The van der Waals surface area contributed by atoms with Gasteiger partial charge in [0.1, 0.15) is 6.10 Å². The number of ether oxygens (including phenoxy) is 2. The first-order valence-corrected chi connectivity index (χ1v) is 10.7. The number of benzene rings is 1. The smallest absolute Gasteiger partial charge is 0.451 e. The Morgan fingerprint density at radius 3 is 2.26 bits per heavy atom. The van der Waals surface area contributed by atoms with Crippen molar-refractivity contribution >= 4 is 5.91 Å². The first kappa shape index (κ1) is 23.7. The summed E-state index contributed by atoms with van der Waals surface area (Å²) in [6.07, 6.45) is -0.425. The fourth-order valence-electron chi connectivity index (χ4n) is 4.13. The van der Waals surface area contributed by atoms with Crippen LogP contribution in [0, 0.1) is 5.41 Å². The van der Waals surface area contributed by atoms with E-state index in [4.69, 9.17) is 15.2 Å². The fraction of sp³-hybridized carbons (Fsp3) is 0.391. The predicted molar refractivity (Wildman–Crippen MR) is 116 cm³/mol. The Morgan fingerprint density at radius 2 is 1.74 bits per heavy atom. The monoisotopic (exact) mass is 475 g/mol. The number of H-pyrrole nitrogens is 1. The molecular weight excluding hydrogens is 451 g/mol. The van der Waals surface area contributed by atoms with Crippen molar-refractivity contribution in [3.8, 4) is 28.4 Å². The molecule has 1 aliphatic carbocycles. The number of pyridine rings is 1. The van der Waals surface area contributed by atoms with E-state index in [1.807, 2.05) is 6.07 Å². The molecule has 2 aromatic heterocycles. The number of amides is 1. The molecule has 180 valence electrons. The molecule has 0 radical (unpaired) electrons. The highest BCUT2D eigenvalue weighted by molar-refractivity contribution is 5.81. The van der Waals surface area contributed by atoms with Gasteiger partial charge in [0.15, 0.2) is 5.82 Å². The first-order chi connectivity index (χ1) is 16.2. The van der Waals surface area contributed by atoms with Gasteiger partial charge in [-0.2, -0.15) is 13.2 Å². The number of primary amides is 1. The van der Waals surface area contributed by atoms with Crippen LogP contribution in [0.4, 0.5) is 13.2 Å². The normalized spacial score (nSPS) is 20.8. The van der Waals surface area contributed by atoms with Gasteiger partial charge >= 0.3 is 6.18 Å². The van der Waals surface area contributed by atoms with Crippen LogP contribution in [0.5, 0.6) is 5.88 Å². The molecule has 34 heavy (non-hydrogen) atoms. The van der Waals surface area contributed by atoms with Gasteiger partial charge in [0, 0.05) is 30.5 Å². The lowest BCUT2D eigenvalue weighted by atomic mass is 9.73. The summed E-state index contributed by atoms with van der Waals surface area (Å²) in [5.41, 5.74) is 7.09. The van der Waals surface area contributed by atoms with E-state index >= 15 is 0 Å². The third kappa shape index (κ3) is 5.04. The minimum Gasteiger partial charge on any atom is -0.474 e. The molecule has 3 aromatic rings.